The van der Waals surface area contributed by atoms with Gasteiger partial charge in [0, 0.05) is 5.69 Å². The van der Waals surface area contributed by atoms with Gasteiger partial charge in [0.05, 0.1) is 11.4 Å². The molecule has 3 N–H and O–H groups in total. The molecule has 0 amide bonds. The Kier molecular flexibility index (Phi) is 4.61. The minimum absolute atomic E-state index is 0.275. The van der Waals surface area contributed by atoms with Gasteiger partial charge in [0.25, 0.3) is 0 Å². The first-order valence-corrected chi connectivity index (χ1v) is 7.01. The summed E-state index contributed by atoms with van der Waals surface area (Å²) in [6.45, 7) is 3.92. The van der Waals surface area contributed by atoms with Gasteiger partial charge in [0.15, 0.2) is 0 Å². The largest absolute Gasteiger partial charge is 0.397 e. The lowest BCUT2D eigenvalue weighted by molar-refractivity contribution is 0.619. The number of hydrogen-bond donors (Lipinski definition) is 2. The Balaban J connectivity index is 2.12. The smallest absolute Gasteiger partial charge is 0.128 e. The third-order valence-electron chi connectivity index (χ3n) is 3.38. The molecule has 0 saturated carbocycles. The molecule has 2 rings (SSSR count). The summed E-state index contributed by atoms with van der Waals surface area (Å²) in [6.07, 6.45) is 3.51. The maximum Gasteiger partial charge on any atom is 0.128 e. The van der Waals surface area contributed by atoms with Crippen molar-refractivity contribution in [1.29, 1.82) is 0 Å². The fourth-order valence-electron chi connectivity index (χ4n) is 2.10. The van der Waals surface area contributed by atoms with E-state index in [1.807, 2.05) is 12.1 Å². The standard InChI is InChI=1S/C17H21FN2/c1-3-4-5-13-6-8-14(9-7-13)20-17-10-12(2)15(18)11-16(17)19/h6-11,20H,3-5,19H2,1-2H3. The van der Waals surface area contributed by atoms with E-state index < -0.39 is 0 Å². The fraction of sp³-hybridized carbons (Fsp3) is 0.294. The number of aryl methyl sites for hydroxylation is 2. The normalized spacial score (nSPS) is 10.6. The van der Waals surface area contributed by atoms with Gasteiger partial charge in [-0.3, -0.25) is 0 Å². The van der Waals surface area contributed by atoms with E-state index in [2.05, 4.69) is 24.4 Å². The van der Waals surface area contributed by atoms with Crippen LogP contribution >= 0.6 is 0 Å². The first-order chi connectivity index (χ1) is 9.60. The molecule has 0 aromatic heterocycles. The van der Waals surface area contributed by atoms with Gasteiger partial charge < -0.3 is 11.1 Å². The Morgan fingerprint density at radius 2 is 1.85 bits per heavy atom. The summed E-state index contributed by atoms with van der Waals surface area (Å²) >= 11 is 0. The molecule has 3 heteroatoms. The number of anilines is 3. The summed E-state index contributed by atoms with van der Waals surface area (Å²) < 4.78 is 13.4. The molecule has 2 aromatic rings. The van der Waals surface area contributed by atoms with Crippen molar-refractivity contribution in [2.24, 2.45) is 0 Å². The zero-order valence-electron chi connectivity index (χ0n) is 12.0. The van der Waals surface area contributed by atoms with Gasteiger partial charge in [-0.05, 0) is 55.2 Å². The predicted octanol–water partition coefficient (Wildman–Crippen LogP) is 4.80. The van der Waals surface area contributed by atoms with E-state index in [9.17, 15) is 4.39 Å². The number of benzene rings is 2. The van der Waals surface area contributed by atoms with E-state index in [0.29, 0.717) is 11.3 Å². The summed E-state index contributed by atoms with van der Waals surface area (Å²) in [5, 5.41) is 3.23. The number of halogens is 1. The Morgan fingerprint density at radius 3 is 2.50 bits per heavy atom. The van der Waals surface area contributed by atoms with Crippen molar-refractivity contribution in [3.63, 3.8) is 0 Å². The van der Waals surface area contributed by atoms with E-state index in [1.54, 1.807) is 13.0 Å². The zero-order chi connectivity index (χ0) is 14.5. The van der Waals surface area contributed by atoms with Crippen LogP contribution in [0, 0.1) is 12.7 Å². The minimum Gasteiger partial charge on any atom is -0.397 e. The highest BCUT2D eigenvalue weighted by molar-refractivity contribution is 5.73. The van der Waals surface area contributed by atoms with Gasteiger partial charge in [-0.15, -0.1) is 0 Å². The van der Waals surface area contributed by atoms with E-state index >= 15 is 0 Å². The number of nitrogens with two attached hydrogens (primary N) is 1. The van der Waals surface area contributed by atoms with Crippen molar-refractivity contribution in [2.75, 3.05) is 11.1 Å². The van der Waals surface area contributed by atoms with Crippen LogP contribution in [0.25, 0.3) is 0 Å². The number of nitrogens with one attached hydrogen (secondary N) is 1. The molecule has 106 valence electrons. The van der Waals surface area contributed by atoms with Crippen LogP contribution in [0.2, 0.25) is 0 Å². The summed E-state index contributed by atoms with van der Waals surface area (Å²) in [4.78, 5) is 0. The molecule has 20 heavy (non-hydrogen) atoms. The highest BCUT2D eigenvalue weighted by Crippen LogP contribution is 2.26. The lowest BCUT2D eigenvalue weighted by atomic mass is 10.1. The molecule has 0 aliphatic heterocycles. The van der Waals surface area contributed by atoms with Crippen molar-refractivity contribution >= 4 is 17.1 Å². The molecular formula is C17H21FN2. The first kappa shape index (κ1) is 14.4. The molecule has 0 aliphatic carbocycles. The Hall–Kier alpha value is -2.03. The molecular weight excluding hydrogens is 251 g/mol. The third kappa shape index (κ3) is 3.50. The second-order valence-corrected chi connectivity index (χ2v) is 5.11. The van der Waals surface area contributed by atoms with Crippen LogP contribution in [0.1, 0.15) is 30.9 Å². The van der Waals surface area contributed by atoms with Crippen molar-refractivity contribution in [1.82, 2.24) is 0 Å². The lowest BCUT2D eigenvalue weighted by Gasteiger charge is -2.11. The van der Waals surface area contributed by atoms with Crippen LogP contribution in [0.15, 0.2) is 36.4 Å². The fourth-order valence-corrected chi connectivity index (χ4v) is 2.10. The van der Waals surface area contributed by atoms with E-state index in [4.69, 9.17) is 5.73 Å². The van der Waals surface area contributed by atoms with Crippen molar-refractivity contribution in [3.8, 4) is 0 Å². The van der Waals surface area contributed by atoms with Crippen LogP contribution in [-0.2, 0) is 6.42 Å². The van der Waals surface area contributed by atoms with E-state index in [0.717, 1.165) is 17.8 Å². The maximum absolute atomic E-state index is 13.4. The number of hydrogen-bond acceptors (Lipinski definition) is 2. The zero-order valence-corrected chi connectivity index (χ0v) is 12.0. The molecule has 0 bridgehead atoms. The second-order valence-electron chi connectivity index (χ2n) is 5.11. The van der Waals surface area contributed by atoms with Gasteiger partial charge in [-0.25, -0.2) is 4.39 Å². The van der Waals surface area contributed by atoms with Crippen LogP contribution < -0.4 is 11.1 Å². The van der Waals surface area contributed by atoms with Gasteiger partial charge in [0.1, 0.15) is 5.82 Å². The van der Waals surface area contributed by atoms with E-state index in [-0.39, 0.29) is 5.82 Å². The molecule has 0 heterocycles. The Morgan fingerprint density at radius 1 is 1.15 bits per heavy atom. The SMILES string of the molecule is CCCCc1ccc(Nc2cc(C)c(F)cc2N)cc1. The van der Waals surface area contributed by atoms with Gasteiger partial charge in [-0.1, -0.05) is 25.5 Å². The lowest BCUT2D eigenvalue weighted by Crippen LogP contribution is -1.99. The highest BCUT2D eigenvalue weighted by Gasteiger charge is 2.05. The summed E-state index contributed by atoms with van der Waals surface area (Å²) in [5.74, 6) is -0.275. The first-order valence-electron chi connectivity index (χ1n) is 7.01. The average molecular weight is 272 g/mol. The molecule has 0 spiro atoms. The number of rotatable bonds is 5. The molecule has 2 nitrogen and oxygen atoms in total. The quantitative estimate of drug-likeness (QED) is 0.767. The van der Waals surface area contributed by atoms with Gasteiger partial charge in [-0.2, -0.15) is 0 Å². The second kappa shape index (κ2) is 6.42. The molecule has 0 aliphatic rings. The monoisotopic (exact) mass is 272 g/mol. The van der Waals surface area contributed by atoms with Gasteiger partial charge in [0.2, 0.25) is 0 Å². The molecule has 2 aromatic carbocycles. The highest BCUT2D eigenvalue weighted by atomic mass is 19.1. The average Bonchev–Trinajstić information content (AvgIpc) is 2.44. The van der Waals surface area contributed by atoms with Crippen LogP contribution in [0.5, 0.6) is 0 Å². The molecule has 0 atom stereocenters. The van der Waals surface area contributed by atoms with E-state index in [1.165, 1.54) is 24.5 Å². The molecule has 0 radical (unpaired) electrons. The maximum atomic E-state index is 13.4. The number of unbranched alkanes of at least 4 members (excludes halogenated alkanes) is 1. The van der Waals surface area contributed by atoms with Crippen LogP contribution in [0.4, 0.5) is 21.5 Å². The third-order valence-corrected chi connectivity index (χ3v) is 3.38. The van der Waals surface area contributed by atoms with Gasteiger partial charge >= 0.3 is 0 Å². The summed E-state index contributed by atoms with van der Waals surface area (Å²) in [7, 11) is 0. The van der Waals surface area contributed by atoms with Crippen molar-refractivity contribution < 1.29 is 4.39 Å². The molecule has 0 unspecified atom stereocenters. The Bertz CT molecular complexity index is 576. The van der Waals surface area contributed by atoms with Crippen LogP contribution in [0.3, 0.4) is 0 Å². The van der Waals surface area contributed by atoms with Crippen LogP contribution in [-0.4, -0.2) is 0 Å². The van der Waals surface area contributed by atoms with Crippen molar-refractivity contribution in [2.45, 2.75) is 33.1 Å². The summed E-state index contributed by atoms with van der Waals surface area (Å²) in [5.41, 5.74) is 9.87. The molecule has 0 saturated heterocycles. The molecule has 0 fully saturated rings. The topological polar surface area (TPSA) is 38.0 Å². The Labute approximate surface area is 119 Å². The predicted molar refractivity (Wildman–Crippen MR) is 83.9 cm³/mol. The summed E-state index contributed by atoms with van der Waals surface area (Å²) in [6, 6.07) is 11.4. The van der Waals surface area contributed by atoms with Crippen molar-refractivity contribution in [3.05, 3.63) is 53.3 Å². The minimum atomic E-state index is -0.275. The number of nitrogen functional groups attached to an aromatic ring is 1.